The number of rotatable bonds is 35. The van der Waals surface area contributed by atoms with Crippen LogP contribution in [0.25, 0.3) is 0 Å². The zero-order valence-electron chi connectivity index (χ0n) is 28.8. The zero-order chi connectivity index (χ0) is 31.6. The maximum Gasteiger partial charge on any atom is 0.325 e. The first-order valence-corrected chi connectivity index (χ1v) is 19.5. The van der Waals surface area contributed by atoms with Crippen LogP contribution in [0, 0.1) is 0 Å². The molecule has 0 radical (unpaired) electrons. The van der Waals surface area contributed by atoms with E-state index in [0.717, 1.165) is 38.5 Å². The van der Waals surface area contributed by atoms with Crippen molar-refractivity contribution in [2.75, 3.05) is 12.3 Å². The Morgan fingerprint density at radius 2 is 0.837 bits per heavy atom. The Morgan fingerprint density at radius 3 is 1.14 bits per heavy atom. The van der Waals surface area contributed by atoms with Gasteiger partial charge in [-0.25, -0.2) is 0 Å². The van der Waals surface area contributed by atoms with Crippen LogP contribution in [-0.2, 0) is 14.4 Å². The molecule has 0 spiro atoms. The van der Waals surface area contributed by atoms with Crippen molar-refractivity contribution in [2.24, 2.45) is 0 Å². The van der Waals surface area contributed by atoms with E-state index in [1.54, 1.807) is 0 Å². The topological polar surface area (TPSA) is 66.8 Å². The van der Waals surface area contributed by atoms with Crippen molar-refractivity contribution < 1.29 is 19.5 Å². The number of carbonyl (C=O) groups excluding carboxylic acids is 1. The summed E-state index contributed by atoms with van der Waals surface area (Å²) >= 11 is 4.22. The summed E-state index contributed by atoms with van der Waals surface area (Å²) in [6, 6.07) is -0.893. The average molecular weight is 628 g/mol. The maximum absolute atomic E-state index is 12.5. The van der Waals surface area contributed by atoms with Gasteiger partial charge in [-0.3, -0.25) is 9.59 Å². The van der Waals surface area contributed by atoms with Crippen LogP contribution < -0.4 is 0 Å². The van der Waals surface area contributed by atoms with Gasteiger partial charge in [0.1, 0.15) is 0 Å². The Labute approximate surface area is 273 Å². The average Bonchev–Trinajstić information content (AvgIpc) is 2.99. The highest BCUT2D eigenvalue weighted by Gasteiger charge is 2.27. The molecule has 0 fully saturated rings. The second kappa shape index (κ2) is 34.1. The SMILES string of the molecule is CCCCCCCCCCCCCCCCCCN(OC(=O)CCCCCCCCCCCCCCC)C(CS)C(=O)O. The van der Waals surface area contributed by atoms with Crippen molar-refractivity contribution in [3.63, 3.8) is 0 Å². The Balaban J connectivity index is 3.86. The van der Waals surface area contributed by atoms with Gasteiger partial charge in [0.2, 0.25) is 0 Å². The summed E-state index contributed by atoms with van der Waals surface area (Å²) in [5.74, 6) is -1.17. The lowest BCUT2D eigenvalue weighted by Crippen LogP contribution is -2.44. The number of carboxylic acid groups (broad SMARTS) is 1. The van der Waals surface area contributed by atoms with E-state index < -0.39 is 12.0 Å². The molecule has 0 saturated heterocycles. The molecule has 0 aromatic rings. The fourth-order valence-electron chi connectivity index (χ4n) is 5.84. The molecule has 1 unspecified atom stereocenters. The predicted molar refractivity (Wildman–Crippen MR) is 188 cm³/mol. The van der Waals surface area contributed by atoms with Crippen molar-refractivity contribution >= 4 is 24.6 Å². The summed E-state index contributed by atoms with van der Waals surface area (Å²) in [6.07, 6.45) is 37.5. The van der Waals surface area contributed by atoms with Crippen LogP contribution in [0.3, 0.4) is 0 Å². The van der Waals surface area contributed by atoms with E-state index in [2.05, 4.69) is 26.5 Å². The summed E-state index contributed by atoms with van der Waals surface area (Å²) in [7, 11) is 0. The van der Waals surface area contributed by atoms with Crippen LogP contribution in [0.15, 0.2) is 0 Å². The van der Waals surface area contributed by atoms with Gasteiger partial charge in [0, 0.05) is 18.7 Å². The summed E-state index contributed by atoms with van der Waals surface area (Å²) in [5, 5.41) is 11.0. The highest BCUT2D eigenvalue weighted by molar-refractivity contribution is 7.80. The van der Waals surface area contributed by atoms with Gasteiger partial charge < -0.3 is 9.94 Å². The molecule has 43 heavy (non-hydrogen) atoms. The van der Waals surface area contributed by atoms with E-state index in [-0.39, 0.29) is 11.7 Å². The molecule has 0 aliphatic rings. The zero-order valence-corrected chi connectivity index (χ0v) is 29.7. The lowest BCUT2D eigenvalue weighted by atomic mass is 10.0. The van der Waals surface area contributed by atoms with E-state index in [0.29, 0.717) is 13.0 Å². The van der Waals surface area contributed by atoms with Crippen molar-refractivity contribution in [1.29, 1.82) is 0 Å². The minimum Gasteiger partial charge on any atom is -0.480 e. The Kier molecular flexibility index (Phi) is 33.5. The number of unbranched alkanes of at least 4 members (excludes halogenated alkanes) is 27. The van der Waals surface area contributed by atoms with Crippen LogP contribution in [0.2, 0.25) is 0 Å². The number of hydrogen-bond acceptors (Lipinski definition) is 5. The number of hydrogen-bond donors (Lipinski definition) is 2. The van der Waals surface area contributed by atoms with Crippen LogP contribution in [0.1, 0.15) is 206 Å². The standard InChI is InChI=1S/C37H73NO4S/c1-3-5-7-9-11-13-15-17-18-19-21-23-25-27-29-31-33-38(35(34-43)37(40)41)42-36(39)32-30-28-26-24-22-20-16-14-12-10-8-6-4-2/h35,43H,3-34H2,1-2H3,(H,40,41). The lowest BCUT2D eigenvalue weighted by molar-refractivity contribution is -0.205. The molecule has 1 atom stereocenters. The fraction of sp³-hybridized carbons (Fsp3) is 0.946. The Bertz CT molecular complexity index is 603. The second-order valence-corrected chi connectivity index (χ2v) is 13.3. The smallest absolute Gasteiger partial charge is 0.325 e. The first kappa shape index (κ1) is 42.2. The molecule has 6 heteroatoms. The van der Waals surface area contributed by atoms with Crippen molar-refractivity contribution in [1.82, 2.24) is 5.06 Å². The van der Waals surface area contributed by atoms with E-state index in [9.17, 15) is 14.7 Å². The van der Waals surface area contributed by atoms with E-state index in [1.165, 1.54) is 153 Å². The van der Waals surface area contributed by atoms with Gasteiger partial charge in [0.15, 0.2) is 6.04 Å². The monoisotopic (exact) mass is 628 g/mol. The summed E-state index contributed by atoms with van der Waals surface area (Å²) in [5.41, 5.74) is 0. The van der Waals surface area contributed by atoms with Gasteiger partial charge in [0.05, 0.1) is 0 Å². The summed E-state index contributed by atoms with van der Waals surface area (Å²) in [6.45, 7) is 5.00. The largest absolute Gasteiger partial charge is 0.480 e. The number of carboxylic acids is 1. The van der Waals surface area contributed by atoms with E-state index in [1.807, 2.05) is 0 Å². The van der Waals surface area contributed by atoms with Crippen molar-refractivity contribution in [2.45, 2.75) is 213 Å². The molecule has 1 N–H and O–H groups in total. The first-order chi connectivity index (χ1) is 21.1. The van der Waals surface area contributed by atoms with E-state index >= 15 is 0 Å². The molecule has 0 aromatic carbocycles. The Morgan fingerprint density at radius 1 is 0.535 bits per heavy atom. The predicted octanol–water partition coefficient (Wildman–Crippen LogP) is 11.9. The third-order valence-corrected chi connectivity index (χ3v) is 9.09. The van der Waals surface area contributed by atoms with Crippen LogP contribution in [0.5, 0.6) is 0 Å². The molecule has 256 valence electrons. The van der Waals surface area contributed by atoms with E-state index in [4.69, 9.17) is 4.84 Å². The molecular formula is C37H73NO4S. The minimum absolute atomic E-state index is 0.125. The summed E-state index contributed by atoms with van der Waals surface area (Å²) < 4.78 is 0. The number of carbonyl (C=O) groups is 2. The summed E-state index contributed by atoms with van der Waals surface area (Å²) in [4.78, 5) is 29.8. The third-order valence-electron chi connectivity index (χ3n) is 8.74. The molecular weight excluding hydrogens is 554 g/mol. The van der Waals surface area contributed by atoms with Gasteiger partial charge in [0.25, 0.3) is 0 Å². The first-order valence-electron chi connectivity index (χ1n) is 18.9. The molecule has 0 aliphatic carbocycles. The molecule has 0 bridgehead atoms. The fourth-order valence-corrected chi connectivity index (χ4v) is 6.18. The number of hydroxylamine groups is 2. The van der Waals surface area contributed by atoms with Crippen LogP contribution in [-0.4, -0.2) is 40.4 Å². The van der Waals surface area contributed by atoms with Gasteiger partial charge >= 0.3 is 11.9 Å². The molecule has 0 saturated carbocycles. The van der Waals surface area contributed by atoms with Gasteiger partial charge in [-0.2, -0.15) is 12.6 Å². The van der Waals surface area contributed by atoms with Crippen molar-refractivity contribution in [3.8, 4) is 0 Å². The molecule has 0 rings (SSSR count). The second-order valence-electron chi connectivity index (χ2n) is 12.9. The van der Waals surface area contributed by atoms with Crippen molar-refractivity contribution in [3.05, 3.63) is 0 Å². The maximum atomic E-state index is 12.5. The highest BCUT2D eigenvalue weighted by Crippen LogP contribution is 2.16. The minimum atomic E-state index is -0.986. The molecule has 5 nitrogen and oxygen atoms in total. The number of thiol groups is 1. The quantitative estimate of drug-likeness (QED) is 0.0416. The van der Waals surface area contributed by atoms with Gasteiger partial charge in [-0.15, -0.1) is 5.06 Å². The van der Waals surface area contributed by atoms with Gasteiger partial charge in [-0.05, 0) is 12.8 Å². The van der Waals surface area contributed by atoms with Crippen LogP contribution in [0.4, 0.5) is 0 Å². The molecule has 0 heterocycles. The normalized spacial score (nSPS) is 12.2. The number of aliphatic carboxylic acids is 1. The lowest BCUT2D eigenvalue weighted by Gasteiger charge is -2.26. The Hall–Kier alpha value is -0.750. The third kappa shape index (κ3) is 29.7. The van der Waals surface area contributed by atoms with Crippen LogP contribution >= 0.6 is 12.6 Å². The molecule has 0 aromatic heterocycles. The number of nitrogens with zero attached hydrogens (tertiary/aromatic N) is 1. The van der Waals surface area contributed by atoms with Gasteiger partial charge in [-0.1, -0.05) is 187 Å². The highest BCUT2D eigenvalue weighted by atomic mass is 32.1. The molecule has 0 aliphatic heterocycles. The molecule has 0 amide bonds.